The number of carbonyl (C=O) groups is 1. The summed E-state index contributed by atoms with van der Waals surface area (Å²) in [4.78, 5) is 25.0. The first-order valence-corrected chi connectivity index (χ1v) is 10.00. The third-order valence-electron chi connectivity index (χ3n) is 5.80. The van der Waals surface area contributed by atoms with Gasteiger partial charge in [0.05, 0.1) is 17.7 Å². The lowest BCUT2D eigenvalue weighted by Crippen LogP contribution is -2.38. The summed E-state index contributed by atoms with van der Waals surface area (Å²) in [5.41, 5.74) is 2.59. The Hall–Kier alpha value is -2.14. The third-order valence-corrected chi connectivity index (χ3v) is 6.05. The fraction of sp³-hybridized carbons (Fsp3) is 0.476. The summed E-state index contributed by atoms with van der Waals surface area (Å²) < 4.78 is 1.48. The minimum atomic E-state index is -0.436. The molecule has 2 aliphatic rings. The molecule has 2 aromatic rings. The lowest BCUT2D eigenvalue weighted by molar-refractivity contribution is -0.123. The fourth-order valence-electron chi connectivity index (χ4n) is 3.96. The molecule has 1 amide bonds. The van der Waals surface area contributed by atoms with Gasteiger partial charge in [-0.25, -0.2) is 4.68 Å². The molecule has 0 bridgehead atoms. The summed E-state index contributed by atoms with van der Waals surface area (Å²) in [6.07, 6.45) is 4.64. The first-order chi connectivity index (χ1) is 13.0. The van der Waals surface area contributed by atoms with Crippen LogP contribution in [-0.4, -0.2) is 22.2 Å². The number of carbonyl (C=O) groups excluding carboxylic acids is 1. The lowest BCUT2D eigenvalue weighted by Gasteiger charge is -2.21. The van der Waals surface area contributed by atoms with E-state index in [-0.39, 0.29) is 11.5 Å². The van der Waals surface area contributed by atoms with Crippen molar-refractivity contribution in [2.24, 2.45) is 5.92 Å². The van der Waals surface area contributed by atoms with Crippen molar-refractivity contribution in [3.63, 3.8) is 0 Å². The van der Waals surface area contributed by atoms with Gasteiger partial charge >= 0.3 is 0 Å². The number of hydrogen-bond acceptors (Lipinski definition) is 3. The average Bonchev–Trinajstić information content (AvgIpc) is 3.45. The van der Waals surface area contributed by atoms with Crippen molar-refractivity contribution in [2.45, 2.75) is 51.0 Å². The summed E-state index contributed by atoms with van der Waals surface area (Å²) in [5.74, 6) is 0.626. The van der Waals surface area contributed by atoms with Gasteiger partial charge in [-0.3, -0.25) is 9.59 Å². The van der Waals surface area contributed by atoms with Crippen LogP contribution in [0, 0.1) is 5.92 Å². The molecule has 0 spiro atoms. The molecule has 1 saturated carbocycles. The summed E-state index contributed by atoms with van der Waals surface area (Å²) in [6, 6.07) is 9.20. The Morgan fingerprint density at radius 3 is 2.78 bits per heavy atom. The minimum absolute atomic E-state index is 0.0182. The highest BCUT2D eigenvalue weighted by Crippen LogP contribution is 2.48. The van der Waals surface area contributed by atoms with Crippen LogP contribution in [0.15, 0.2) is 35.1 Å². The minimum Gasteiger partial charge on any atom is -0.353 e. The van der Waals surface area contributed by atoms with Crippen molar-refractivity contribution in [1.82, 2.24) is 15.1 Å². The SMILES string of the molecule is CC1CCc2nn(CCNC(=O)C3(c4ccc(Cl)cc4)CC3)c(=O)cc2C1. The van der Waals surface area contributed by atoms with Gasteiger partial charge in [-0.2, -0.15) is 5.10 Å². The van der Waals surface area contributed by atoms with Crippen LogP contribution in [0.2, 0.25) is 5.02 Å². The molecular formula is C21H24ClN3O2. The average molecular weight is 386 g/mol. The molecular weight excluding hydrogens is 362 g/mol. The number of nitrogens with one attached hydrogen (secondary N) is 1. The van der Waals surface area contributed by atoms with Crippen LogP contribution in [-0.2, 0) is 29.6 Å². The zero-order valence-electron chi connectivity index (χ0n) is 15.5. The van der Waals surface area contributed by atoms with Crippen molar-refractivity contribution >= 4 is 17.5 Å². The van der Waals surface area contributed by atoms with Crippen molar-refractivity contribution in [3.05, 3.63) is 62.5 Å². The van der Waals surface area contributed by atoms with E-state index in [2.05, 4.69) is 17.3 Å². The Labute approximate surface area is 163 Å². The molecule has 1 fully saturated rings. The van der Waals surface area contributed by atoms with Gasteiger partial charge < -0.3 is 5.32 Å². The number of hydrogen-bond donors (Lipinski definition) is 1. The number of aryl methyl sites for hydroxylation is 1. The number of nitrogens with zero attached hydrogens (tertiary/aromatic N) is 2. The Kier molecular flexibility index (Phi) is 4.81. The molecule has 1 aromatic carbocycles. The zero-order valence-corrected chi connectivity index (χ0v) is 16.3. The Bertz CT molecular complexity index is 916. The highest BCUT2D eigenvalue weighted by molar-refractivity contribution is 6.30. The topological polar surface area (TPSA) is 64.0 Å². The van der Waals surface area contributed by atoms with E-state index in [9.17, 15) is 9.59 Å². The van der Waals surface area contributed by atoms with Crippen LogP contribution < -0.4 is 10.9 Å². The van der Waals surface area contributed by atoms with Crippen LogP contribution in [0.3, 0.4) is 0 Å². The maximum absolute atomic E-state index is 12.7. The van der Waals surface area contributed by atoms with Crippen molar-refractivity contribution in [1.29, 1.82) is 0 Å². The van der Waals surface area contributed by atoms with Gasteiger partial charge in [0, 0.05) is 17.6 Å². The first kappa shape index (κ1) is 18.2. The highest BCUT2D eigenvalue weighted by Gasteiger charge is 2.50. The van der Waals surface area contributed by atoms with E-state index in [1.54, 1.807) is 6.07 Å². The fourth-order valence-corrected chi connectivity index (χ4v) is 4.09. The van der Waals surface area contributed by atoms with Crippen LogP contribution in [0.5, 0.6) is 0 Å². The Morgan fingerprint density at radius 2 is 2.07 bits per heavy atom. The number of rotatable bonds is 5. The predicted molar refractivity (Wildman–Crippen MR) is 105 cm³/mol. The molecule has 1 N–H and O–H groups in total. The van der Waals surface area contributed by atoms with Crippen molar-refractivity contribution in [3.8, 4) is 0 Å². The summed E-state index contributed by atoms with van der Waals surface area (Å²) in [5, 5.41) is 8.19. The molecule has 0 aliphatic heterocycles. The molecule has 1 atom stereocenters. The standard InChI is InChI=1S/C21H24ClN3O2/c1-14-2-7-18-15(12-14)13-19(26)25(24-18)11-10-23-20(27)21(8-9-21)16-3-5-17(22)6-4-16/h3-6,13-14H,2,7-12H2,1H3,(H,23,27). The van der Waals surface area contributed by atoms with Gasteiger partial charge in [0.2, 0.25) is 5.91 Å². The first-order valence-electron chi connectivity index (χ1n) is 9.62. The van der Waals surface area contributed by atoms with Gasteiger partial charge in [-0.05, 0) is 61.3 Å². The molecule has 2 aliphatic carbocycles. The quantitative estimate of drug-likeness (QED) is 0.860. The number of benzene rings is 1. The second-order valence-corrected chi connectivity index (χ2v) is 8.31. The molecule has 0 saturated heterocycles. The van der Waals surface area contributed by atoms with Crippen LogP contribution in [0.25, 0.3) is 0 Å². The molecule has 0 radical (unpaired) electrons. The van der Waals surface area contributed by atoms with Crippen molar-refractivity contribution < 1.29 is 4.79 Å². The van der Waals surface area contributed by atoms with E-state index in [4.69, 9.17) is 11.6 Å². The smallest absolute Gasteiger partial charge is 0.267 e. The second kappa shape index (κ2) is 7.12. The van der Waals surface area contributed by atoms with E-state index in [0.717, 1.165) is 48.9 Å². The van der Waals surface area contributed by atoms with Crippen molar-refractivity contribution in [2.75, 3.05) is 6.54 Å². The van der Waals surface area contributed by atoms with E-state index in [0.29, 0.717) is 24.0 Å². The second-order valence-electron chi connectivity index (χ2n) is 7.87. The lowest BCUT2D eigenvalue weighted by atomic mass is 9.88. The number of amides is 1. The monoisotopic (exact) mass is 385 g/mol. The van der Waals surface area contributed by atoms with Crippen LogP contribution in [0.1, 0.15) is 43.0 Å². The highest BCUT2D eigenvalue weighted by atomic mass is 35.5. The zero-order chi connectivity index (χ0) is 19.0. The number of aromatic nitrogens is 2. The maximum Gasteiger partial charge on any atom is 0.267 e. The van der Waals surface area contributed by atoms with Crippen LogP contribution >= 0.6 is 11.6 Å². The Morgan fingerprint density at radius 1 is 1.33 bits per heavy atom. The van der Waals surface area contributed by atoms with Gasteiger partial charge in [0.1, 0.15) is 0 Å². The van der Waals surface area contributed by atoms with E-state index in [1.807, 2.05) is 24.3 Å². The molecule has 1 heterocycles. The summed E-state index contributed by atoms with van der Waals surface area (Å²) in [7, 11) is 0. The predicted octanol–water partition coefficient (Wildman–Crippen LogP) is 2.87. The van der Waals surface area contributed by atoms with Gasteiger partial charge in [0.25, 0.3) is 5.56 Å². The largest absolute Gasteiger partial charge is 0.353 e. The molecule has 5 nitrogen and oxygen atoms in total. The summed E-state index contributed by atoms with van der Waals surface area (Å²) in [6.45, 7) is 3.00. The van der Waals surface area contributed by atoms with E-state index < -0.39 is 5.41 Å². The van der Waals surface area contributed by atoms with Gasteiger partial charge in [0.15, 0.2) is 0 Å². The van der Waals surface area contributed by atoms with E-state index in [1.165, 1.54) is 4.68 Å². The van der Waals surface area contributed by atoms with Crippen LogP contribution in [0.4, 0.5) is 0 Å². The molecule has 142 valence electrons. The molecule has 6 heteroatoms. The molecule has 4 rings (SSSR count). The van der Waals surface area contributed by atoms with Gasteiger partial charge in [-0.1, -0.05) is 30.7 Å². The van der Waals surface area contributed by atoms with Gasteiger partial charge in [-0.15, -0.1) is 0 Å². The third kappa shape index (κ3) is 3.65. The normalized spacial score (nSPS) is 20.0. The molecule has 27 heavy (non-hydrogen) atoms. The number of halogens is 1. The maximum atomic E-state index is 12.7. The summed E-state index contributed by atoms with van der Waals surface area (Å²) >= 11 is 5.95. The Balaban J connectivity index is 1.39. The molecule has 1 aromatic heterocycles. The van der Waals surface area contributed by atoms with E-state index >= 15 is 0 Å². The molecule has 1 unspecified atom stereocenters. The number of fused-ring (bicyclic) bond motifs is 1.